The van der Waals surface area contributed by atoms with Crippen molar-refractivity contribution >= 4 is 11.8 Å². The molecule has 0 bridgehead atoms. The molecule has 2 amide bonds. The maximum absolute atomic E-state index is 13.3. The molecule has 2 aromatic rings. The predicted molar refractivity (Wildman–Crippen MR) is 122 cm³/mol. The number of amides is 2. The lowest BCUT2D eigenvalue weighted by molar-refractivity contribution is -0.141. The molecule has 2 fully saturated rings. The fraction of sp³-hybridized carbons (Fsp3) is 0.500. The zero-order chi connectivity index (χ0) is 22.0. The topological polar surface area (TPSA) is 62.3 Å². The highest BCUT2D eigenvalue weighted by molar-refractivity contribution is 5.85. The number of rotatable bonds is 6. The summed E-state index contributed by atoms with van der Waals surface area (Å²) in [5.41, 5.74) is 2.90. The van der Waals surface area contributed by atoms with Gasteiger partial charge in [0.05, 0.1) is 5.41 Å². The molecule has 5 heteroatoms. The van der Waals surface area contributed by atoms with Crippen LogP contribution in [0.3, 0.4) is 0 Å². The number of aromatic nitrogens is 1. The maximum atomic E-state index is 13.3. The second-order valence-corrected chi connectivity index (χ2v) is 9.67. The first kappa shape index (κ1) is 21.5. The third-order valence-electron chi connectivity index (χ3n) is 6.85. The lowest BCUT2D eigenvalue weighted by Gasteiger charge is -2.41. The minimum atomic E-state index is -0.466. The summed E-state index contributed by atoms with van der Waals surface area (Å²) in [6, 6.07) is 12.5. The molecule has 31 heavy (non-hydrogen) atoms. The van der Waals surface area contributed by atoms with Crippen molar-refractivity contribution < 1.29 is 9.59 Å². The summed E-state index contributed by atoms with van der Waals surface area (Å²) in [5, 5.41) is 3.15. The van der Waals surface area contributed by atoms with Gasteiger partial charge in [0.25, 0.3) is 0 Å². The molecule has 1 aliphatic carbocycles. The quantitative estimate of drug-likeness (QED) is 0.767. The van der Waals surface area contributed by atoms with E-state index in [1.165, 1.54) is 0 Å². The van der Waals surface area contributed by atoms with E-state index in [0.717, 1.165) is 23.1 Å². The Morgan fingerprint density at radius 2 is 1.81 bits per heavy atom. The zero-order valence-corrected chi connectivity index (χ0v) is 18.8. The highest BCUT2D eigenvalue weighted by Crippen LogP contribution is 2.42. The smallest absolute Gasteiger partial charge is 0.226 e. The number of nitrogens with one attached hydrogen (secondary N) is 1. The molecule has 0 radical (unpaired) electrons. The van der Waals surface area contributed by atoms with Crippen molar-refractivity contribution in [3.8, 4) is 11.1 Å². The van der Waals surface area contributed by atoms with Gasteiger partial charge in [0.15, 0.2) is 0 Å². The van der Waals surface area contributed by atoms with Crippen LogP contribution in [0.4, 0.5) is 0 Å². The normalized spacial score (nSPS) is 22.3. The number of nitrogens with zero attached hydrogens (tertiary/aromatic N) is 2. The van der Waals surface area contributed by atoms with Crippen molar-refractivity contribution in [3.63, 3.8) is 0 Å². The number of hydrogen-bond donors (Lipinski definition) is 1. The zero-order valence-electron chi connectivity index (χ0n) is 18.8. The van der Waals surface area contributed by atoms with Crippen molar-refractivity contribution in [2.45, 2.75) is 52.5 Å². The largest absolute Gasteiger partial charge is 0.353 e. The summed E-state index contributed by atoms with van der Waals surface area (Å²) in [6.45, 7) is 7.48. The van der Waals surface area contributed by atoms with Crippen LogP contribution in [0.25, 0.3) is 11.1 Å². The van der Waals surface area contributed by atoms with E-state index in [1.54, 1.807) is 6.20 Å². The van der Waals surface area contributed by atoms with E-state index in [0.29, 0.717) is 38.3 Å². The van der Waals surface area contributed by atoms with Crippen LogP contribution in [0.15, 0.2) is 48.8 Å². The molecule has 4 rings (SSSR count). The summed E-state index contributed by atoms with van der Waals surface area (Å²) in [5.74, 6) is 1.12. The molecule has 2 atom stereocenters. The van der Waals surface area contributed by atoms with Crippen LogP contribution >= 0.6 is 0 Å². The molecule has 1 saturated carbocycles. The molecule has 2 unspecified atom stereocenters. The van der Waals surface area contributed by atoms with Crippen LogP contribution < -0.4 is 5.32 Å². The fourth-order valence-electron chi connectivity index (χ4n) is 4.69. The third kappa shape index (κ3) is 4.81. The molecule has 0 spiro atoms. The van der Waals surface area contributed by atoms with Crippen LogP contribution in [0.5, 0.6) is 0 Å². The Balaban J connectivity index is 1.49. The highest BCUT2D eigenvalue weighted by atomic mass is 16.2. The molecule has 2 heterocycles. The van der Waals surface area contributed by atoms with Crippen molar-refractivity contribution in [2.75, 3.05) is 13.1 Å². The van der Waals surface area contributed by atoms with E-state index in [1.807, 2.05) is 37.1 Å². The first-order valence-electron chi connectivity index (χ1n) is 11.5. The Labute approximate surface area is 185 Å². The van der Waals surface area contributed by atoms with Crippen LogP contribution in [-0.2, 0) is 16.0 Å². The molecule has 1 aromatic carbocycles. The van der Waals surface area contributed by atoms with Crippen LogP contribution in [0, 0.1) is 17.3 Å². The summed E-state index contributed by atoms with van der Waals surface area (Å²) >= 11 is 0. The first-order chi connectivity index (χ1) is 14.9. The van der Waals surface area contributed by atoms with Crippen molar-refractivity contribution in [2.24, 2.45) is 17.3 Å². The SMILES string of the molecule is CC(C)NC(=O)C1(Cc2ccc(-c3cccnc3)cc2)CCN(C(=O)C2CC2C)CC1. The lowest BCUT2D eigenvalue weighted by atomic mass is 9.72. The van der Waals surface area contributed by atoms with E-state index >= 15 is 0 Å². The Morgan fingerprint density at radius 1 is 1.13 bits per heavy atom. The number of piperidine rings is 1. The summed E-state index contributed by atoms with van der Waals surface area (Å²) in [7, 11) is 0. The molecule has 1 aromatic heterocycles. The van der Waals surface area contributed by atoms with Gasteiger partial charge in [-0.2, -0.15) is 0 Å². The van der Waals surface area contributed by atoms with Gasteiger partial charge in [0.1, 0.15) is 0 Å². The van der Waals surface area contributed by atoms with Gasteiger partial charge in [0, 0.05) is 37.4 Å². The van der Waals surface area contributed by atoms with Gasteiger partial charge in [-0.05, 0) is 68.2 Å². The van der Waals surface area contributed by atoms with E-state index in [4.69, 9.17) is 0 Å². The number of likely N-dealkylation sites (tertiary alicyclic amines) is 1. The van der Waals surface area contributed by atoms with Gasteiger partial charge in [-0.15, -0.1) is 0 Å². The fourth-order valence-corrected chi connectivity index (χ4v) is 4.69. The average Bonchev–Trinajstić information content (AvgIpc) is 3.51. The van der Waals surface area contributed by atoms with Gasteiger partial charge in [0.2, 0.25) is 11.8 Å². The van der Waals surface area contributed by atoms with Crippen LogP contribution in [0.1, 0.15) is 45.6 Å². The van der Waals surface area contributed by atoms with Crippen molar-refractivity contribution in [1.82, 2.24) is 15.2 Å². The molecule has 1 aliphatic heterocycles. The van der Waals surface area contributed by atoms with Gasteiger partial charge < -0.3 is 10.2 Å². The van der Waals surface area contributed by atoms with Crippen molar-refractivity contribution in [1.29, 1.82) is 0 Å². The Kier molecular flexibility index (Phi) is 6.12. The minimum absolute atomic E-state index is 0.101. The highest BCUT2D eigenvalue weighted by Gasteiger charge is 2.46. The first-order valence-corrected chi connectivity index (χ1v) is 11.5. The second-order valence-electron chi connectivity index (χ2n) is 9.67. The molecular formula is C26H33N3O2. The summed E-state index contributed by atoms with van der Waals surface area (Å²) < 4.78 is 0. The predicted octanol–water partition coefficient (Wildman–Crippen LogP) is 4.08. The van der Waals surface area contributed by atoms with Gasteiger partial charge >= 0.3 is 0 Å². The van der Waals surface area contributed by atoms with Crippen LogP contribution in [0.2, 0.25) is 0 Å². The number of benzene rings is 1. The summed E-state index contributed by atoms with van der Waals surface area (Å²) in [6.07, 6.45) is 6.76. The monoisotopic (exact) mass is 419 g/mol. The Morgan fingerprint density at radius 3 is 2.35 bits per heavy atom. The second kappa shape index (κ2) is 8.81. The van der Waals surface area contributed by atoms with E-state index in [9.17, 15) is 9.59 Å². The van der Waals surface area contributed by atoms with E-state index in [-0.39, 0.29) is 23.8 Å². The molecule has 1 N–H and O–H groups in total. The molecule has 5 nitrogen and oxygen atoms in total. The standard InChI is InChI=1S/C26H33N3O2/c1-18(2)28-25(31)26(10-13-29(14-11-26)24(30)23-15-19(23)3)16-20-6-8-21(9-7-20)22-5-4-12-27-17-22/h4-9,12,17-19,23H,10-11,13-16H2,1-3H3,(H,28,31). The van der Waals surface area contributed by atoms with E-state index < -0.39 is 5.41 Å². The molecule has 1 saturated heterocycles. The number of hydrogen-bond acceptors (Lipinski definition) is 3. The average molecular weight is 420 g/mol. The lowest BCUT2D eigenvalue weighted by Crippen LogP contribution is -2.52. The van der Waals surface area contributed by atoms with Crippen LogP contribution in [-0.4, -0.2) is 40.8 Å². The number of pyridine rings is 1. The third-order valence-corrected chi connectivity index (χ3v) is 6.85. The number of carbonyl (C=O) groups is 2. The summed E-state index contributed by atoms with van der Waals surface area (Å²) in [4.78, 5) is 32.1. The number of carbonyl (C=O) groups excluding carboxylic acids is 2. The maximum Gasteiger partial charge on any atom is 0.226 e. The minimum Gasteiger partial charge on any atom is -0.353 e. The molecule has 2 aliphatic rings. The Bertz CT molecular complexity index is 915. The van der Waals surface area contributed by atoms with Gasteiger partial charge in [-0.3, -0.25) is 14.6 Å². The van der Waals surface area contributed by atoms with Crippen molar-refractivity contribution in [3.05, 3.63) is 54.4 Å². The van der Waals surface area contributed by atoms with E-state index in [2.05, 4.69) is 41.5 Å². The van der Waals surface area contributed by atoms with Gasteiger partial charge in [-0.25, -0.2) is 0 Å². The molecule has 164 valence electrons. The molecular weight excluding hydrogens is 386 g/mol. The Hall–Kier alpha value is -2.69. The van der Waals surface area contributed by atoms with Gasteiger partial charge in [-0.1, -0.05) is 37.3 Å².